The minimum Gasteiger partial charge on any atom is -0.506 e. The molecule has 3 aliphatic carbocycles. The number of carbonyl (C=O) groups excluding carboxylic acids is 2. The topological polar surface area (TPSA) is 133 Å². The summed E-state index contributed by atoms with van der Waals surface area (Å²) in [5.41, 5.74) is -1.56. The number of aromatic hydroxyl groups is 2. The molecule has 6 atom stereocenters. The van der Waals surface area contributed by atoms with E-state index in [0.29, 0.717) is 12.3 Å². The van der Waals surface area contributed by atoms with E-state index in [1.807, 2.05) is 6.92 Å². The minimum absolute atomic E-state index is 0.00751. The van der Waals surface area contributed by atoms with Gasteiger partial charge in [0.1, 0.15) is 17.0 Å². The highest BCUT2D eigenvalue weighted by atomic mass is 16.5. The zero-order valence-electron chi connectivity index (χ0n) is 17.1. The number of amides is 1. The van der Waals surface area contributed by atoms with Gasteiger partial charge < -0.3 is 25.4 Å². The Hall–Kier alpha value is -2.87. The molecule has 1 aromatic carbocycles. The Balaban J connectivity index is 1.35. The number of anilines is 1. The number of carboxylic acid groups (broad SMARTS) is 1. The quantitative estimate of drug-likeness (QED) is 0.531. The molecule has 2 saturated heterocycles. The van der Waals surface area contributed by atoms with Gasteiger partial charge in [0, 0.05) is 17.8 Å². The normalized spacial score (nSPS) is 37.1. The number of benzene rings is 1. The number of carbonyl (C=O) groups is 3. The van der Waals surface area contributed by atoms with Crippen LogP contribution in [0.1, 0.15) is 49.4 Å². The van der Waals surface area contributed by atoms with Crippen molar-refractivity contribution in [3.8, 4) is 11.5 Å². The number of rotatable bonds is 5. The SMILES string of the molecule is C[C@@]1(CCC(=O)Nc2c(O)ccc(C(=O)O)c2O)C(=O)C=CC23CC4CC(OC4C2)C31. The zero-order chi connectivity index (χ0) is 22.1. The first-order chi connectivity index (χ1) is 14.6. The van der Waals surface area contributed by atoms with Gasteiger partial charge in [-0.05, 0) is 55.2 Å². The van der Waals surface area contributed by atoms with Crippen LogP contribution in [0.3, 0.4) is 0 Å². The fraction of sp³-hybridized carbons (Fsp3) is 0.522. The van der Waals surface area contributed by atoms with Gasteiger partial charge in [0.25, 0.3) is 0 Å². The maximum absolute atomic E-state index is 13.0. The molecule has 1 spiro atoms. The number of allylic oxidation sites excluding steroid dienone is 2. The van der Waals surface area contributed by atoms with Crippen LogP contribution in [0, 0.1) is 22.7 Å². The lowest BCUT2D eigenvalue weighted by Gasteiger charge is -2.54. The number of carboxylic acids is 1. The standard InChI is InChI=1S/C23H25NO7/c1-22(6-5-17(27)24-18-13(25)3-2-12(19(18)28)21(29)30)16(26)4-7-23-9-11-8-14(20(22)23)31-15(11)10-23/h2-4,7,11,14-15,20,25,28H,5-6,8-10H2,1H3,(H,24,27)(H,29,30)/t11?,14?,15?,20?,22-,23?/m1/s1. The number of hydrogen-bond acceptors (Lipinski definition) is 6. The maximum Gasteiger partial charge on any atom is 0.339 e. The number of hydrogen-bond donors (Lipinski definition) is 4. The lowest BCUT2D eigenvalue weighted by Crippen LogP contribution is -2.55. The van der Waals surface area contributed by atoms with Crippen LogP contribution < -0.4 is 5.32 Å². The molecule has 8 heteroatoms. The molecular weight excluding hydrogens is 402 g/mol. The van der Waals surface area contributed by atoms with Crippen LogP contribution in [0.4, 0.5) is 5.69 Å². The predicted molar refractivity (Wildman–Crippen MR) is 109 cm³/mol. The third-order valence-corrected chi connectivity index (χ3v) is 7.96. The number of aromatic carboxylic acids is 1. The second kappa shape index (κ2) is 6.56. The van der Waals surface area contributed by atoms with E-state index >= 15 is 0 Å². The summed E-state index contributed by atoms with van der Waals surface area (Å²) in [6.07, 6.45) is 7.25. The molecule has 4 N–H and O–H groups in total. The Labute approximate surface area is 178 Å². The highest BCUT2D eigenvalue weighted by Gasteiger charge is 2.67. The Morgan fingerprint density at radius 2 is 2.00 bits per heavy atom. The first kappa shape index (κ1) is 20.1. The molecule has 0 radical (unpaired) electrons. The molecule has 2 heterocycles. The van der Waals surface area contributed by atoms with Crippen molar-refractivity contribution < 1.29 is 34.4 Å². The summed E-state index contributed by atoms with van der Waals surface area (Å²) < 4.78 is 6.22. The van der Waals surface area contributed by atoms with Gasteiger partial charge in [-0.15, -0.1) is 0 Å². The Kier molecular flexibility index (Phi) is 4.25. The van der Waals surface area contributed by atoms with Crippen molar-refractivity contribution in [2.24, 2.45) is 22.7 Å². The van der Waals surface area contributed by atoms with E-state index in [9.17, 15) is 24.6 Å². The monoisotopic (exact) mass is 427 g/mol. The van der Waals surface area contributed by atoms with Crippen molar-refractivity contribution >= 4 is 23.3 Å². The van der Waals surface area contributed by atoms with E-state index in [2.05, 4.69) is 11.4 Å². The first-order valence-electron chi connectivity index (χ1n) is 10.6. The van der Waals surface area contributed by atoms with E-state index < -0.39 is 34.4 Å². The van der Waals surface area contributed by atoms with Crippen molar-refractivity contribution in [3.05, 3.63) is 29.8 Å². The van der Waals surface area contributed by atoms with E-state index in [0.717, 1.165) is 31.4 Å². The Bertz CT molecular complexity index is 1020. The van der Waals surface area contributed by atoms with Gasteiger partial charge in [-0.25, -0.2) is 4.79 Å². The zero-order valence-corrected chi connectivity index (χ0v) is 17.1. The molecule has 4 bridgehead atoms. The van der Waals surface area contributed by atoms with Crippen molar-refractivity contribution in [1.29, 1.82) is 0 Å². The molecular formula is C23H25NO7. The van der Waals surface area contributed by atoms with Gasteiger partial charge in [0.15, 0.2) is 11.5 Å². The molecule has 4 fully saturated rings. The van der Waals surface area contributed by atoms with Crippen LogP contribution in [0.5, 0.6) is 11.5 Å². The summed E-state index contributed by atoms with van der Waals surface area (Å²) in [5.74, 6) is -2.46. The highest BCUT2D eigenvalue weighted by Crippen LogP contribution is 2.68. The van der Waals surface area contributed by atoms with E-state index in [1.165, 1.54) is 0 Å². The van der Waals surface area contributed by atoms with Crippen LogP contribution >= 0.6 is 0 Å². The lowest BCUT2D eigenvalue weighted by atomic mass is 9.51. The van der Waals surface area contributed by atoms with Gasteiger partial charge in [0.05, 0.1) is 12.2 Å². The fourth-order valence-electron chi connectivity index (χ4n) is 6.66. The van der Waals surface area contributed by atoms with Crippen LogP contribution in [-0.2, 0) is 14.3 Å². The number of phenols is 2. The largest absolute Gasteiger partial charge is 0.506 e. The highest BCUT2D eigenvalue weighted by molar-refractivity contribution is 6.00. The average Bonchev–Trinajstić information content (AvgIpc) is 3.15. The van der Waals surface area contributed by atoms with E-state index in [-0.39, 0.29) is 41.4 Å². The molecule has 1 amide bonds. The van der Waals surface area contributed by atoms with Gasteiger partial charge in [-0.1, -0.05) is 13.0 Å². The van der Waals surface area contributed by atoms with Crippen molar-refractivity contribution in [2.45, 2.75) is 51.2 Å². The summed E-state index contributed by atoms with van der Waals surface area (Å²) in [6.45, 7) is 1.91. The molecule has 5 unspecified atom stereocenters. The number of nitrogens with one attached hydrogen (secondary N) is 1. The molecule has 5 aliphatic rings. The van der Waals surface area contributed by atoms with Gasteiger partial charge in [-0.3, -0.25) is 9.59 Å². The van der Waals surface area contributed by atoms with Crippen LogP contribution in [0.2, 0.25) is 0 Å². The predicted octanol–water partition coefficient (Wildman–Crippen LogP) is 2.84. The molecule has 0 aromatic heterocycles. The van der Waals surface area contributed by atoms with Gasteiger partial charge >= 0.3 is 5.97 Å². The molecule has 2 aliphatic heterocycles. The molecule has 164 valence electrons. The Morgan fingerprint density at radius 3 is 2.71 bits per heavy atom. The van der Waals surface area contributed by atoms with Crippen LogP contribution in [0.15, 0.2) is 24.3 Å². The molecule has 8 nitrogen and oxygen atoms in total. The van der Waals surface area contributed by atoms with Gasteiger partial charge in [0.2, 0.25) is 5.91 Å². The summed E-state index contributed by atoms with van der Waals surface area (Å²) >= 11 is 0. The third-order valence-electron chi connectivity index (χ3n) is 7.96. The lowest BCUT2D eigenvalue weighted by molar-refractivity contribution is -0.153. The number of ketones is 1. The second-order valence-corrected chi connectivity index (χ2v) is 9.65. The fourth-order valence-corrected chi connectivity index (χ4v) is 6.66. The maximum atomic E-state index is 13.0. The van der Waals surface area contributed by atoms with Crippen molar-refractivity contribution in [2.75, 3.05) is 5.32 Å². The first-order valence-corrected chi connectivity index (χ1v) is 10.6. The van der Waals surface area contributed by atoms with Crippen molar-refractivity contribution in [3.63, 3.8) is 0 Å². The average molecular weight is 427 g/mol. The summed E-state index contributed by atoms with van der Waals surface area (Å²) in [4.78, 5) is 36.8. The van der Waals surface area contributed by atoms with Crippen LogP contribution in [-0.4, -0.2) is 45.2 Å². The molecule has 1 aromatic rings. The summed E-state index contributed by atoms with van der Waals surface area (Å²) in [7, 11) is 0. The third kappa shape index (κ3) is 2.81. The molecule has 6 rings (SSSR count). The van der Waals surface area contributed by atoms with Crippen molar-refractivity contribution in [1.82, 2.24) is 0 Å². The number of phenolic OH excluding ortho intramolecular Hbond substituents is 1. The second-order valence-electron chi connectivity index (χ2n) is 9.65. The molecule has 31 heavy (non-hydrogen) atoms. The van der Waals surface area contributed by atoms with Crippen LogP contribution in [0.25, 0.3) is 0 Å². The summed E-state index contributed by atoms with van der Waals surface area (Å²) in [5, 5.41) is 31.6. The molecule has 2 saturated carbocycles. The summed E-state index contributed by atoms with van der Waals surface area (Å²) in [6, 6.07) is 2.15. The smallest absolute Gasteiger partial charge is 0.339 e. The van der Waals surface area contributed by atoms with Gasteiger partial charge in [-0.2, -0.15) is 0 Å². The van der Waals surface area contributed by atoms with E-state index in [4.69, 9.17) is 9.84 Å². The Morgan fingerprint density at radius 1 is 1.23 bits per heavy atom. The minimum atomic E-state index is -1.38. The number of ether oxygens (including phenoxy) is 1. The van der Waals surface area contributed by atoms with E-state index in [1.54, 1.807) is 6.08 Å².